The Morgan fingerprint density at radius 1 is 1.18 bits per heavy atom. The summed E-state index contributed by atoms with van der Waals surface area (Å²) in [7, 11) is -4.39. The highest BCUT2D eigenvalue weighted by atomic mass is 32.2. The summed E-state index contributed by atoms with van der Waals surface area (Å²) in [5, 5.41) is 10.3. The second-order valence-electron chi connectivity index (χ2n) is 8.13. The average molecular weight is 536 g/mol. The zero-order valence-electron chi connectivity index (χ0n) is 19.8. The van der Waals surface area contributed by atoms with Gasteiger partial charge in [0.1, 0.15) is 46.4 Å². The standard InChI is InChI=1S/C25H21N5O7S/c26-11-17-10-20(13-29-25(17)36-15-19-14-34-7-8-35-19)38(32,33)30-24(31)21-3-1-2-4-22(21)37-18-9-16-5-6-27-23(16)28-12-18/h1-6,9-10,12-13,19H,7-8,14-15H2,(H,27,28)(H,30,31). The van der Waals surface area contributed by atoms with Crippen LogP contribution in [0.2, 0.25) is 0 Å². The lowest BCUT2D eigenvalue weighted by Gasteiger charge is -2.22. The number of hydrogen-bond acceptors (Lipinski definition) is 10. The number of fused-ring (bicyclic) bond motifs is 1. The first kappa shape index (κ1) is 25.2. The second kappa shape index (κ2) is 10.9. The van der Waals surface area contributed by atoms with Gasteiger partial charge in [0.2, 0.25) is 5.88 Å². The van der Waals surface area contributed by atoms with Gasteiger partial charge in [0.25, 0.3) is 15.9 Å². The minimum Gasteiger partial charge on any atom is -0.474 e. The minimum atomic E-state index is -4.39. The molecule has 1 atom stereocenters. The molecule has 4 heterocycles. The number of sulfonamides is 1. The Morgan fingerprint density at radius 2 is 2.05 bits per heavy atom. The molecule has 1 amide bonds. The van der Waals surface area contributed by atoms with E-state index in [-0.39, 0.29) is 40.4 Å². The summed E-state index contributed by atoms with van der Waals surface area (Å²) in [5.41, 5.74) is 0.536. The molecule has 1 aromatic carbocycles. The number of amides is 1. The quantitative estimate of drug-likeness (QED) is 0.342. The number of aromatic nitrogens is 3. The number of para-hydroxylation sites is 1. The number of benzene rings is 1. The van der Waals surface area contributed by atoms with Crippen molar-refractivity contribution in [3.05, 3.63) is 72.2 Å². The van der Waals surface area contributed by atoms with Crippen molar-refractivity contribution in [3.63, 3.8) is 0 Å². The van der Waals surface area contributed by atoms with E-state index in [2.05, 4.69) is 15.0 Å². The van der Waals surface area contributed by atoms with Gasteiger partial charge in [0, 0.05) is 11.6 Å². The highest BCUT2D eigenvalue weighted by molar-refractivity contribution is 7.90. The van der Waals surface area contributed by atoms with E-state index in [9.17, 15) is 18.5 Å². The maximum Gasteiger partial charge on any atom is 0.268 e. The number of H-pyrrole nitrogens is 1. The predicted octanol–water partition coefficient (Wildman–Crippen LogP) is 2.53. The molecule has 1 fully saturated rings. The van der Waals surface area contributed by atoms with Crippen LogP contribution in [0.25, 0.3) is 11.0 Å². The molecule has 0 spiro atoms. The van der Waals surface area contributed by atoms with E-state index in [0.717, 1.165) is 17.6 Å². The van der Waals surface area contributed by atoms with Crippen molar-refractivity contribution < 1.29 is 32.2 Å². The number of hydrogen-bond donors (Lipinski definition) is 2. The van der Waals surface area contributed by atoms with Gasteiger partial charge in [-0.3, -0.25) is 4.79 Å². The Kier molecular flexibility index (Phi) is 7.18. The highest BCUT2D eigenvalue weighted by Gasteiger charge is 2.24. The summed E-state index contributed by atoms with van der Waals surface area (Å²) in [5.74, 6) is -0.488. The van der Waals surface area contributed by atoms with Crippen molar-refractivity contribution in [2.75, 3.05) is 26.4 Å². The number of ether oxygens (including phenoxy) is 4. The van der Waals surface area contributed by atoms with Crippen LogP contribution < -0.4 is 14.2 Å². The first-order valence-electron chi connectivity index (χ1n) is 11.4. The monoisotopic (exact) mass is 535 g/mol. The summed E-state index contributed by atoms with van der Waals surface area (Å²) in [6.07, 6.45) is 3.89. The number of nitrogens with zero attached hydrogens (tertiary/aromatic N) is 3. The summed E-state index contributed by atoms with van der Waals surface area (Å²) in [4.78, 5) is 23.8. The van der Waals surface area contributed by atoms with E-state index in [0.29, 0.717) is 31.2 Å². The van der Waals surface area contributed by atoms with Crippen molar-refractivity contribution in [1.82, 2.24) is 19.7 Å². The minimum absolute atomic E-state index is 0.0200. The first-order chi connectivity index (χ1) is 18.4. The van der Waals surface area contributed by atoms with Crippen LogP contribution in [-0.2, 0) is 19.5 Å². The summed E-state index contributed by atoms with van der Waals surface area (Å²) in [6.45, 7) is 1.33. The molecule has 1 aliphatic rings. The molecule has 5 rings (SSSR count). The van der Waals surface area contributed by atoms with Gasteiger partial charge in [-0.05, 0) is 30.3 Å². The molecule has 0 saturated carbocycles. The van der Waals surface area contributed by atoms with Gasteiger partial charge in [-0.2, -0.15) is 5.26 Å². The Bertz CT molecular complexity index is 1620. The molecule has 194 valence electrons. The number of carbonyl (C=O) groups excluding carboxylic acids is 1. The van der Waals surface area contributed by atoms with Gasteiger partial charge in [0.15, 0.2) is 0 Å². The molecule has 3 aromatic heterocycles. The largest absolute Gasteiger partial charge is 0.474 e. The van der Waals surface area contributed by atoms with Crippen LogP contribution in [0.15, 0.2) is 66.0 Å². The third-order valence-electron chi connectivity index (χ3n) is 5.51. The van der Waals surface area contributed by atoms with Gasteiger partial charge in [-0.15, -0.1) is 0 Å². The van der Waals surface area contributed by atoms with Crippen LogP contribution in [-0.4, -0.2) is 61.8 Å². The molecule has 1 saturated heterocycles. The molecule has 1 unspecified atom stereocenters. The molecule has 0 aliphatic carbocycles. The summed E-state index contributed by atoms with van der Waals surface area (Å²) < 4.78 is 50.1. The maximum absolute atomic E-state index is 13.0. The molecular formula is C25H21N5O7S. The van der Waals surface area contributed by atoms with E-state index in [1.54, 1.807) is 24.4 Å². The van der Waals surface area contributed by atoms with Gasteiger partial charge in [-0.25, -0.2) is 23.1 Å². The number of pyridine rings is 2. The van der Waals surface area contributed by atoms with Crippen molar-refractivity contribution in [1.29, 1.82) is 5.26 Å². The number of nitrogens with one attached hydrogen (secondary N) is 2. The molecule has 1 aliphatic heterocycles. The molecule has 13 heteroatoms. The summed E-state index contributed by atoms with van der Waals surface area (Å²) in [6, 6.07) is 12.7. The predicted molar refractivity (Wildman–Crippen MR) is 132 cm³/mol. The van der Waals surface area contributed by atoms with Gasteiger partial charge < -0.3 is 23.9 Å². The van der Waals surface area contributed by atoms with E-state index in [1.165, 1.54) is 18.3 Å². The smallest absolute Gasteiger partial charge is 0.268 e. The number of nitriles is 1. The topological polar surface area (TPSA) is 166 Å². The van der Waals surface area contributed by atoms with Crippen molar-refractivity contribution in [2.24, 2.45) is 0 Å². The molecule has 4 aromatic rings. The van der Waals surface area contributed by atoms with Crippen LogP contribution >= 0.6 is 0 Å². The van der Waals surface area contributed by atoms with E-state index in [1.807, 2.05) is 16.9 Å². The van der Waals surface area contributed by atoms with Crippen molar-refractivity contribution in [3.8, 4) is 23.4 Å². The molecule has 38 heavy (non-hydrogen) atoms. The Hall–Kier alpha value is -4.51. The fourth-order valence-electron chi connectivity index (χ4n) is 3.66. The Morgan fingerprint density at radius 3 is 2.87 bits per heavy atom. The third kappa shape index (κ3) is 5.57. The lowest BCUT2D eigenvalue weighted by atomic mass is 10.2. The van der Waals surface area contributed by atoms with E-state index < -0.39 is 15.9 Å². The maximum atomic E-state index is 13.0. The lowest BCUT2D eigenvalue weighted by molar-refractivity contribution is -0.102. The number of rotatable bonds is 8. The SMILES string of the molecule is N#Cc1cc(S(=O)(=O)NC(=O)c2ccccc2Oc2cnc3[nH]ccc3c2)cnc1OCC1COCCO1. The Balaban J connectivity index is 1.31. The highest BCUT2D eigenvalue weighted by Crippen LogP contribution is 2.27. The van der Waals surface area contributed by atoms with Crippen LogP contribution in [0.1, 0.15) is 15.9 Å². The molecular weight excluding hydrogens is 514 g/mol. The first-order valence-corrected chi connectivity index (χ1v) is 12.9. The number of carbonyl (C=O) groups is 1. The molecule has 2 N–H and O–H groups in total. The number of aromatic amines is 1. The average Bonchev–Trinajstić information content (AvgIpc) is 3.40. The normalized spacial score (nSPS) is 15.5. The van der Waals surface area contributed by atoms with Crippen LogP contribution in [0.3, 0.4) is 0 Å². The van der Waals surface area contributed by atoms with Gasteiger partial charge >= 0.3 is 0 Å². The summed E-state index contributed by atoms with van der Waals surface area (Å²) >= 11 is 0. The van der Waals surface area contributed by atoms with Crippen LogP contribution in [0, 0.1) is 11.3 Å². The zero-order valence-corrected chi connectivity index (χ0v) is 20.6. The van der Waals surface area contributed by atoms with Gasteiger partial charge in [-0.1, -0.05) is 12.1 Å². The third-order valence-corrected chi connectivity index (χ3v) is 6.81. The van der Waals surface area contributed by atoms with Gasteiger partial charge in [0.05, 0.1) is 37.8 Å². The van der Waals surface area contributed by atoms with Crippen LogP contribution in [0.4, 0.5) is 0 Å². The van der Waals surface area contributed by atoms with E-state index >= 15 is 0 Å². The zero-order chi connectivity index (χ0) is 26.5. The fourth-order valence-corrected chi connectivity index (χ4v) is 4.60. The fraction of sp³-hybridized carbons (Fsp3) is 0.200. The lowest BCUT2D eigenvalue weighted by Crippen LogP contribution is -2.33. The molecule has 0 radical (unpaired) electrons. The van der Waals surface area contributed by atoms with Crippen molar-refractivity contribution in [2.45, 2.75) is 11.0 Å². The Labute approximate surface area is 217 Å². The molecule has 12 nitrogen and oxygen atoms in total. The van der Waals surface area contributed by atoms with Crippen LogP contribution in [0.5, 0.6) is 17.4 Å². The van der Waals surface area contributed by atoms with Crippen molar-refractivity contribution >= 4 is 27.0 Å². The molecule has 0 bridgehead atoms. The second-order valence-corrected chi connectivity index (χ2v) is 9.82. The van der Waals surface area contributed by atoms with E-state index in [4.69, 9.17) is 18.9 Å².